The highest BCUT2D eigenvalue weighted by molar-refractivity contribution is 5.36. The quantitative estimate of drug-likeness (QED) is 0.833. The van der Waals surface area contributed by atoms with Gasteiger partial charge in [0, 0.05) is 12.5 Å². The normalized spacial score (nSPS) is 22.1. The Kier molecular flexibility index (Phi) is 2.86. The summed E-state index contributed by atoms with van der Waals surface area (Å²) in [6, 6.07) is 11.1. The van der Waals surface area contributed by atoms with Crippen molar-refractivity contribution in [1.82, 2.24) is 0 Å². The molecule has 0 fully saturated rings. The third-order valence-electron chi connectivity index (χ3n) is 3.81. The Morgan fingerprint density at radius 3 is 2.26 bits per heavy atom. The van der Waals surface area contributed by atoms with Gasteiger partial charge in [-0.3, -0.25) is 0 Å². The smallest absolute Gasteiger partial charge is 0.126 e. The molecule has 0 heterocycles. The van der Waals surface area contributed by atoms with E-state index in [4.69, 9.17) is 0 Å². The molecule has 2 aromatic rings. The summed E-state index contributed by atoms with van der Waals surface area (Å²) < 4.78 is 26.6. The van der Waals surface area contributed by atoms with Crippen molar-refractivity contribution in [3.05, 3.63) is 70.8 Å². The Balaban J connectivity index is 2.01. The van der Waals surface area contributed by atoms with E-state index < -0.39 is 17.2 Å². The highest BCUT2D eigenvalue weighted by Gasteiger charge is 2.34. The molecule has 2 aromatic carbocycles. The van der Waals surface area contributed by atoms with Gasteiger partial charge in [-0.1, -0.05) is 24.3 Å². The molecule has 3 heteroatoms. The zero-order valence-corrected chi connectivity index (χ0v) is 10.4. The summed E-state index contributed by atoms with van der Waals surface area (Å²) in [5.74, 6) is -1.30. The minimum atomic E-state index is -1.18. The number of rotatable bonds is 1. The van der Waals surface area contributed by atoms with Crippen molar-refractivity contribution in [3.63, 3.8) is 0 Å². The zero-order valence-electron chi connectivity index (χ0n) is 10.4. The van der Waals surface area contributed by atoms with Gasteiger partial charge in [-0.2, -0.15) is 0 Å². The lowest BCUT2D eigenvalue weighted by Crippen LogP contribution is -2.33. The van der Waals surface area contributed by atoms with Gasteiger partial charge in [-0.05, 0) is 41.7 Å². The fourth-order valence-electron chi connectivity index (χ4n) is 2.79. The van der Waals surface area contributed by atoms with E-state index in [2.05, 4.69) is 0 Å². The van der Waals surface area contributed by atoms with Crippen molar-refractivity contribution in [3.8, 4) is 0 Å². The number of benzene rings is 2. The first-order valence-electron chi connectivity index (χ1n) is 6.33. The van der Waals surface area contributed by atoms with Crippen molar-refractivity contribution in [2.24, 2.45) is 0 Å². The Morgan fingerprint density at radius 2 is 1.58 bits per heavy atom. The van der Waals surface area contributed by atoms with Gasteiger partial charge in [0.25, 0.3) is 0 Å². The van der Waals surface area contributed by atoms with E-state index in [0.717, 1.165) is 11.6 Å². The zero-order chi connectivity index (χ0) is 13.5. The fourth-order valence-corrected chi connectivity index (χ4v) is 2.79. The van der Waals surface area contributed by atoms with Gasteiger partial charge < -0.3 is 5.11 Å². The minimum Gasteiger partial charge on any atom is -0.385 e. The van der Waals surface area contributed by atoms with Crippen molar-refractivity contribution in [2.45, 2.75) is 24.9 Å². The maximum atomic E-state index is 13.3. The summed E-state index contributed by atoms with van der Waals surface area (Å²) in [7, 11) is 0. The van der Waals surface area contributed by atoms with Crippen LogP contribution in [0, 0.1) is 11.6 Å². The van der Waals surface area contributed by atoms with E-state index in [1.807, 2.05) is 24.3 Å². The van der Waals surface area contributed by atoms with Crippen LogP contribution in [0.1, 0.15) is 23.1 Å². The fraction of sp³-hybridized carbons (Fsp3) is 0.250. The van der Waals surface area contributed by atoms with Gasteiger partial charge >= 0.3 is 0 Å². The molecule has 0 spiro atoms. The first-order valence-corrected chi connectivity index (χ1v) is 6.33. The van der Waals surface area contributed by atoms with E-state index in [-0.39, 0.29) is 0 Å². The highest BCUT2D eigenvalue weighted by Crippen LogP contribution is 2.36. The molecule has 0 saturated carbocycles. The maximum Gasteiger partial charge on any atom is 0.126 e. The van der Waals surface area contributed by atoms with E-state index in [1.54, 1.807) is 0 Å². The van der Waals surface area contributed by atoms with Crippen LogP contribution in [0.4, 0.5) is 8.78 Å². The van der Waals surface area contributed by atoms with E-state index >= 15 is 0 Å². The second kappa shape index (κ2) is 4.42. The molecule has 1 nitrogen and oxygen atoms in total. The molecule has 19 heavy (non-hydrogen) atoms. The largest absolute Gasteiger partial charge is 0.385 e. The Labute approximate surface area is 110 Å². The molecule has 1 N–H and O–H groups in total. The number of aryl methyl sites for hydroxylation is 1. The minimum absolute atomic E-state index is 0.319. The molecule has 0 amide bonds. The van der Waals surface area contributed by atoms with Crippen LogP contribution in [0.2, 0.25) is 0 Å². The standard InChI is InChI=1S/C16H14F2O/c17-14-7-13(8-15(18)9-14)16(19)6-5-11-3-1-2-4-12(11)10-16/h1-4,7-9,19H,5-6,10H2. The van der Waals surface area contributed by atoms with Crippen molar-refractivity contribution in [2.75, 3.05) is 0 Å². The first kappa shape index (κ1) is 12.3. The van der Waals surface area contributed by atoms with Crippen LogP contribution >= 0.6 is 0 Å². The third kappa shape index (κ3) is 2.26. The molecule has 3 rings (SSSR count). The molecular formula is C16H14F2O. The van der Waals surface area contributed by atoms with E-state index in [1.165, 1.54) is 17.7 Å². The summed E-state index contributed by atoms with van der Waals surface area (Å²) in [4.78, 5) is 0. The monoisotopic (exact) mass is 260 g/mol. The lowest BCUT2D eigenvalue weighted by atomic mass is 9.76. The summed E-state index contributed by atoms with van der Waals surface area (Å²) >= 11 is 0. The number of aliphatic hydroxyl groups is 1. The van der Waals surface area contributed by atoms with Gasteiger partial charge in [-0.15, -0.1) is 0 Å². The molecule has 1 unspecified atom stereocenters. The number of fused-ring (bicyclic) bond motifs is 1. The van der Waals surface area contributed by atoms with Crippen LogP contribution in [0.25, 0.3) is 0 Å². The second-order valence-corrected chi connectivity index (χ2v) is 5.14. The lowest BCUT2D eigenvalue weighted by Gasteiger charge is -2.34. The second-order valence-electron chi connectivity index (χ2n) is 5.14. The van der Waals surface area contributed by atoms with Crippen LogP contribution in [-0.4, -0.2) is 5.11 Å². The van der Waals surface area contributed by atoms with Crippen molar-refractivity contribution >= 4 is 0 Å². The van der Waals surface area contributed by atoms with Crippen molar-refractivity contribution < 1.29 is 13.9 Å². The molecular weight excluding hydrogens is 246 g/mol. The number of hydrogen-bond donors (Lipinski definition) is 1. The predicted molar refractivity (Wildman–Crippen MR) is 68.7 cm³/mol. The van der Waals surface area contributed by atoms with E-state index in [9.17, 15) is 13.9 Å². The van der Waals surface area contributed by atoms with Crippen molar-refractivity contribution in [1.29, 1.82) is 0 Å². The molecule has 98 valence electrons. The SMILES string of the molecule is OC1(c2cc(F)cc(F)c2)CCc2ccccc2C1. The average molecular weight is 260 g/mol. The van der Waals surface area contributed by atoms with E-state index in [0.29, 0.717) is 24.8 Å². The van der Waals surface area contributed by atoms with Crippen LogP contribution in [-0.2, 0) is 18.4 Å². The Morgan fingerprint density at radius 1 is 0.947 bits per heavy atom. The molecule has 1 aliphatic rings. The van der Waals surface area contributed by atoms with Gasteiger partial charge in [0.2, 0.25) is 0 Å². The lowest BCUT2D eigenvalue weighted by molar-refractivity contribution is 0.0216. The van der Waals surface area contributed by atoms with Gasteiger partial charge in [-0.25, -0.2) is 8.78 Å². The average Bonchev–Trinajstić information content (AvgIpc) is 2.37. The third-order valence-corrected chi connectivity index (χ3v) is 3.81. The summed E-state index contributed by atoms with van der Waals surface area (Å²) in [5, 5.41) is 10.7. The number of hydrogen-bond acceptors (Lipinski definition) is 1. The molecule has 1 aliphatic carbocycles. The topological polar surface area (TPSA) is 20.2 Å². The molecule has 0 radical (unpaired) electrons. The molecule has 0 bridgehead atoms. The molecule has 1 atom stereocenters. The van der Waals surface area contributed by atoms with Gasteiger partial charge in [0.1, 0.15) is 11.6 Å². The maximum absolute atomic E-state index is 13.3. The predicted octanol–water partition coefficient (Wildman–Crippen LogP) is 3.34. The molecule has 0 saturated heterocycles. The van der Waals surface area contributed by atoms with Crippen LogP contribution in [0.15, 0.2) is 42.5 Å². The van der Waals surface area contributed by atoms with Gasteiger partial charge in [0.05, 0.1) is 5.60 Å². The van der Waals surface area contributed by atoms with Gasteiger partial charge in [0.15, 0.2) is 0 Å². The summed E-state index contributed by atoms with van der Waals surface area (Å²) in [5.41, 5.74) is 1.38. The summed E-state index contributed by atoms with van der Waals surface area (Å²) in [6.07, 6.45) is 1.59. The van der Waals surface area contributed by atoms with Crippen LogP contribution in [0.3, 0.4) is 0 Å². The Hall–Kier alpha value is -1.74. The van der Waals surface area contributed by atoms with Crippen LogP contribution in [0.5, 0.6) is 0 Å². The molecule has 0 aliphatic heterocycles. The Bertz CT molecular complexity index is 604. The highest BCUT2D eigenvalue weighted by atomic mass is 19.1. The van der Waals surface area contributed by atoms with Crippen LogP contribution < -0.4 is 0 Å². The molecule has 0 aromatic heterocycles. The summed E-state index contributed by atoms with van der Waals surface area (Å²) in [6.45, 7) is 0. The number of halogens is 2. The first-order chi connectivity index (χ1) is 9.07.